The summed E-state index contributed by atoms with van der Waals surface area (Å²) in [7, 11) is 0. The topological polar surface area (TPSA) is 16.6 Å². The van der Waals surface area contributed by atoms with Crippen molar-refractivity contribution in [3.63, 3.8) is 0 Å². The van der Waals surface area contributed by atoms with Gasteiger partial charge in [0.25, 0.3) is 0 Å². The number of nitrogens with two attached hydrogens (primary N) is 1. The predicted octanol–water partition coefficient (Wildman–Crippen LogP) is 0.533. The third-order valence-electron chi connectivity index (χ3n) is 3.98. The Morgan fingerprint density at radius 2 is 1.12 bits per heavy atom. The van der Waals surface area contributed by atoms with Crippen LogP contribution in [0.2, 0.25) is 0 Å². The van der Waals surface area contributed by atoms with Gasteiger partial charge in [0.05, 0.1) is 6.54 Å². The largest absolute Gasteiger partial charge is 1.00 e. The van der Waals surface area contributed by atoms with Gasteiger partial charge in [0.2, 0.25) is 0 Å². The molecule has 1 aromatic carbocycles. The van der Waals surface area contributed by atoms with Gasteiger partial charge in [-0.15, -0.1) is 0 Å². The molecule has 0 aliphatic heterocycles. The van der Waals surface area contributed by atoms with Crippen LogP contribution in [0.1, 0.15) is 76.7 Å². The van der Waals surface area contributed by atoms with E-state index in [0.717, 1.165) is 6.54 Å². The van der Waals surface area contributed by atoms with Crippen molar-refractivity contribution in [3.05, 3.63) is 35.9 Å². The number of rotatable bonds is 13. The molecule has 0 aliphatic carbocycles. The molecule has 5 heteroatoms. The van der Waals surface area contributed by atoms with E-state index in [9.17, 15) is 0 Å². The van der Waals surface area contributed by atoms with Crippen LogP contribution in [-0.2, 0) is 6.54 Å². The van der Waals surface area contributed by atoms with E-state index in [0.29, 0.717) is 0 Å². The molecule has 0 aliphatic rings. The number of unbranched alkanes of at least 4 members (excludes halogenated alkanes) is 9. The number of benzene rings is 1. The second-order valence-corrected chi connectivity index (χ2v) is 5.95. The van der Waals surface area contributed by atoms with Crippen LogP contribution in [0.3, 0.4) is 0 Å². The average molecular weight is 381 g/mol. The van der Waals surface area contributed by atoms with Crippen LogP contribution in [0.4, 0.5) is 0 Å². The summed E-state index contributed by atoms with van der Waals surface area (Å²) in [6.07, 6.45) is 14.3. The predicted molar refractivity (Wildman–Crippen MR) is 106 cm³/mol. The van der Waals surface area contributed by atoms with E-state index < -0.39 is 0 Å². The summed E-state index contributed by atoms with van der Waals surface area (Å²) in [5.74, 6) is 0. The van der Waals surface area contributed by atoms with Crippen LogP contribution < -0.4 is 17.7 Å². The van der Waals surface area contributed by atoms with Crippen LogP contribution in [-0.4, -0.2) is 95.2 Å². The van der Waals surface area contributed by atoms with Crippen LogP contribution in [0, 0.1) is 0 Å². The van der Waals surface area contributed by atoms with E-state index in [-0.39, 0.29) is 101 Å². The normalized spacial score (nSPS) is 9.04. The van der Waals surface area contributed by atoms with Gasteiger partial charge in [0.1, 0.15) is 6.54 Å². The maximum absolute atomic E-state index is 2.44. The fourth-order valence-corrected chi connectivity index (χ4v) is 2.66. The van der Waals surface area contributed by atoms with Gasteiger partial charge in [0.15, 0.2) is 0 Å². The Bertz CT molecular complexity index is 313. The summed E-state index contributed by atoms with van der Waals surface area (Å²) in [4.78, 5) is 0. The second kappa shape index (κ2) is 27.7. The number of quaternary nitrogens is 1. The molecule has 0 heterocycles. The van der Waals surface area contributed by atoms with Gasteiger partial charge in [-0.05, 0) is 12.8 Å². The number of hydrogen-bond acceptors (Lipinski definition) is 0. The maximum atomic E-state index is 2.44. The molecule has 0 spiro atoms. The molecule has 0 aromatic heterocycles. The first kappa shape index (κ1) is 34.0. The third-order valence-corrected chi connectivity index (χ3v) is 3.98. The number of halogens is 1. The van der Waals surface area contributed by atoms with Crippen molar-refractivity contribution in [1.82, 2.24) is 0 Å². The standard InChI is InChI=1S/C19H33N.ClH.3Na/c1-2-3-4-5-6-7-8-9-10-14-17-20-18-19-15-12-11-13-16-19;;;;/h11-13,15-16,20H,2-10,14,17-18H2,1H3;1H;;;. The monoisotopic (exact) mass is 380 g/mol. The summed E-state index contributed by atoms with van der Waals surface area (Å²) in [6, 6.07) is 10.8. The first-order valence-corrected chi connectivity index (χ1v) is 8.79. The SMILES string of the molecule is CCCCCCCCCCCC[NH2+]Cc1ccccc1.[Cl-].[Na].[Na].[Na]. The molecule has 0 amide bonds. The molecular formula is C19H34ClNNa3. The molecule has 3 radical (unpaired) electrons. The fraction of sp³-hybridized carbons (Fsp3) is 0.684. The molecular weight excluding hydrogens is 347 g/mol. The summed E-state index contributed by atoms with van der Waals surface area (Å²) in [5, 5.41) is 2.44. The summed E-state index contributed by atoms with van der Waals surface area (Å²) in [5.41, 5.74) is 1.44. The first-order chi connectivity index (χ1) is 9.93. The van der Waals surface area contributed by atoms with Gasteiger partial charge in [-0.2, -0.15) is 0 Å². The van der Waals surface area contributed by atoms with Crippen molar-refractivity contribution in [2.75, 3.05) is 6.54 Å². The fourth-order valence-electron chi connectivity index (χ4n) is 2.66. The molecule has 0 atom stereocenters. The summed E-state index contributed by atoms with van der Waals surface area (Å²) >= 11 is 0. The molecule has 0 saturated carbocycles. The Hall–Kier alpha value is 2.47. The minimum atomic E-state index is 0. The van der Waals surface area contributed by atoms with Crippen molar-refractivity contribution in [2.24, 2.45) is 0 Å². The minimum absolute atomic E-state index is 0. The Balaban J connectivity index is -0.000000500. The van der Waals surface area contributed by atoms with Crippen molar-refractivity contribution in [2.45, 2.75) is 77.7 Å². The van der Waals surface area contributed by atoms with Crippen molar-refractivity contribution in [1.29, 1.82) is 0 Å². The maximum Gasteiger partial charge on any atom is 0.101 e. The molecule has 0 fully saturated rings. The zero-order valence-electron chi connectivity index (χ0n) is 16.8. The van der Waals surface area contributed by atoms with E-state index >= 15 is 0 Å². The van der Waals surface area contributed by atoms with Gasteiger partial charge in [-0.3, -0.25) is 0 Å². The van der Waals surface area contributed by atoms with Gasteiger partial charge < -0.3 is 17.7 Å². The second-order valence-electron chi connectivity index (χ2n) is 5.95. The molecule has 0 saturated heterocycles. The van der Waals surface area contributed by atoms with E-state index in [2.05, 4.69) is 42.6 Å². The molecule has 0 unspecified atom stereocenters. The zero-order chi connectivity index (χ0) is 14.3. The average Bonchev–Trinajstić information content (AvgIpc) is 2.49. The molecule has 24 heavy (non-hydrogen) atoms. The van der Waals surface area contributed by atoms with Crippen molar-refractivity contribution in [3.8, 4) is 0 Å². The van der Waals surface area contributed by atoms with Gasteiger partial charge in [-0.25, -0.2) is 0 Å². The Morgan fingerprint density at radius 3 is 1.62 bits per heavy atom. The Labute approximate surface area is 223 Å². The van der Waals surface area contributed by atoms with Crippen LogP contribution in [0.15, 0.2) is 30.3 Å². The van der Waals surface area contributed by atoms with Gasteiger partial charge in [0, 0.05) is 94.2 Å². The smallest absolute Gasteiger partial charge is 0.101 e. The molecule has 1 aromatic rings. The Kier molecular flexibility index (Phi) is 39.2. The van der Waals surface area contributed by atoms with Crippen LogP contribution in [0.5, 0.6) is 0 Å². The van der Waals surface area contributed by atoms with Crippen LogP contribution >= 0.6 is 0 Å². The van der Waals surface area contributed by atoms with Crippen molar-refractivity contribution >= 4 is 88.7 Å². The quantitative estimate of drug-likeness (QED) is 0.380. The summed E-state index contributed by atoms with van der Waals surface area (Å²) < 4.78 is 0. The molecule has 1 rings (SSSR count). The van der Waals surface area contributed by atoms with E-state index in [1.165, 1.54) is 76.3 Å². The summed E-state index contributed by atoms with van der Waals surface area (Å²) in [6.45, 7) is 4.71. The van der Waals surface area contributed by atoms with Crippen molar-refractivity contribution < 1.29 is 17.7 Å². The van der Waals surface area contributed by atoms with Crippen LogP contribution in [0.25, 0.3) is 0 Å². The first-order valence-electron chi connectivity index (χ1n) is 8.79. The van der Waals surface area contributed by atoms with Gasteiger partial charge >= 0.3 is 0 Å². The minimum Gasteiger partial charge on any atom is -1.00 e. The van der Waals surface area contributed by atoms with Gasteiger partial charge in [-0.1, -0.05) is 88.6 Å². The molecule has 0 bridgehead atoms. The third kappa shape index (κ3) is 22.5. The zero-order valence-corrected chi connectivity index (χ0v) is 23.6. The molecule has 125 valence electrons. The van der Waals surface area contributed by atoms with E-state index in [1.807, 2.05) is 0 Å². The van der Waals surface area contributed by atoms with E-state index in [4.69, 9.17) is 0 Å². The Morgan fingerprint density at radius 1 is 0.667 bits per heavy atom. The molecule has 2 N–H and O–H groups in total. The number of hydrogen-bond donors (Lipinski definition) is 1. The van der Waals surface area contributed by atoms with E-state index in [1.54, 1.807) is 0 Å². The molecule has 1 nitrogen and oxygen atoms in total.